The van der Waals surface area contributed by atoms with Crippen LogP contribution in [0.15, 0.2) is 24.5 Å². The van der Waals surface area contributed by atoms with Crippen molar-refractivity contribution in [2.24, 2.45) is 5.92 Å². The van der Waals surface area contributed by atoms with Gasteiger partial charge in [0.25, 0.3) is 0 Å². The smallest absolute Gasteiger partial charge is 0.0270 e. The first-order valence-corrected chi connectivity index (χ1v) is 6.90. The number of hydrogen-bond acceptors (Lipinski definition) is 2. The van der Waals surface area contributed by atoms with Gasteiger partial charge in [-0.1, -0.05) is 27.2 Å². The third kappa shape index (κ3) is 5.31. The monoisotopic (exact) mass is 234 g/mol. The van der Waals surface area contributed by atoms with Crippen molar-refractivity contribution in [1.82, 2.24) is 10.3 Å². The molecule has 2 unspecified atom stereocenters. The second-order valence-electron chi connectivity index (χ2n) is 4.89. The fraction of sp³-hybridized carbons (Fsp3) is 0.667. The molecule has 1 N–H and O–H groups in total. The molecule has 0 radical (unpaired) electrons. The van der Waals surface area contributed by atoms with E-state index in [1.54, 1.807) is 0 Å². The number of nitrogens with one attached hydrogen (secondary N) is 1. The topological polar surface area (TPSA) is 24.9 Å². The van der Waals surface area contributed by atoms with Gasteiger partial charge in [-0.15, -0.1) is 0 Å². The summed E-state index contributed by atoms with van der Waals surface area (Å²) in [5, 5.41) is 3.68. The van der Waals surface area contributed by atoms with E-state index in [1.807, 2.05) is 12.4 Å². The Labute approximate surface area is 106 Å². The summed E-state index contributed by atoms with van der Waals surface area (Å²) in [5.41, 5.74) is 1.39. The fourth-order valence-electron chi connectivity index (χ4n) is 2.23. The van der Waals surface area contributed by atoms with Crippen LogP contribution in [0.3, 0.4) is 0 Å². The van der Waals surface area contributed by atoms with Crippen molar-refractivity contribution >= 4 is 0 Å². The molecule has 0 aromatic carbocycles. The second kappa shape index (κ2) is 8.24. The van der Waals surface area contributed by atoms with E-state index in [4.69, 9.17) is 0 Å². The fourth-order valence-corrected chi connectivity index (χ4v) is 2.23. The Hall–Kier alpha value is -0.890. The summed E-state index contributed by atoms with van der Waals surface area (Å²) < 4.78 is 0. The Balaban J connectivity index is 2.56. The maximum absolute atomic E-state index is 4.08. The lowest BCUT2D eigenvalue weighted by atomic mass is 9.92. The molecule has 0 saturated heterocycles. The van der Waals surface area contributed by atoms with Gasteiger partial charge in [0.05, 0.1) is 0 Å². The van der Waals surface area contributed by atoms with E-state index in [9.17, 15) is 0 Å². The highest BCUT2D eigenvalue weighted by molar-refractivity contribution is 5.11. The molecule has 0 spiro atoms. The molecule has 17 heavy (non-hydrogen) atoms. The number of nitrogens with zero attached hydrogens (tertiary/aromatic N) is 1. The maximum Gasteiger partial charge on any atom is 0.0270 e. The molecule has 0 bridgehead atoms. The molecule has 0 saturated carbocycles. The van der Waals surface area contributed by atoms with Gasteiger partial charge in [-0.2, -0.15) is 0 Å². The predicted octanol–water partition coefficient (Wildman–Crippen LogP) is 3.43. The van der Waals surface area contributed by atoms with Gasteiger partial charge < -0.3 is 5.32 Å². The summed E-state index contributed by atoms with van der Waals surface area (Å²) in [5.74, 6) is 0.736. The van der Waals surface area contributed by atoms with Crippen molar-refractivity contribution in [2.75, 3.05) is 6.54 Å². The van der Waals surface area contributed by atoms with E-state index in [2.05, 4.69) is 43.2 Å². The predicted molar refractivity (Wildman–Crippen MR) is 74.1 cm³/mol. The zero-order valence-electron chi connectivity index (χ0n) is 11.4. The Morgan fingerprint density at radius 2 is 1.88 bits per heavy atom. The number of hydrogen-bond donors (Lipinski definition) is 1. The highest BCUT2D eigenvalue weighted by atomic mass is 14.9. The number of aromatic nitrogens is 1. The molecule has 1 heterocycles. The molecule has 1 rings (SSSR count). The summed E-state index contributed by atoms with van der Waals surface area (Å²) in [6.45, 7) is 7.96. The molecular weight excluding hydrogens is 208 g/mol. The average Bonchev–Trinajstić information content (AvgIpc) is 2.36. The standard InChI is InChI=1S/C15H26N2/c1-4-6-13(3)15(17-9-5-2)12-14-7-10-16-11-8-14/h7-8,10-11,13,15,17H,4-6,9,12H2,1-3H3. The van der Waals surface area contributed by atoms with Crippen LogP contribution in [0.1, 0.15) is 45.6 Å². The molecule has 0 fully saturated rings. The van der Waals surface area contributed by atoms with Crippen LogP contribution in [0, 0.1) is 5.92 Å². The molecule has 1 aromatic heterocycles. The van der Waals surface area contributed by atoms with Crippen LogP contribution < -0.4 is 5.32 Å². The first kappa shape index (κ1) is 14.2. The lowest BCUT2D eigenvalue weighted by Crippen LogP contribution is -2.37. The van der Waals surface area contributed by atoms with Crippen molar-refractivity contribution in [2.45, 2.75) is 52.5 Å². The molecule has 1 aromatic rings. The van der Waals surface area contributed by atoms with Gasteiger partial charge in [-0.05, 0) is 49.4 Å². The minimum Gasteiger partial charge on any atom is -0.313 e. The van der Waals surface area contributed by atoms with Crippen molar-refractivity contribution in [1.29, 1.82) is 0 Å². The Bertz CT molecular complexity index is 284. The lowest BCUT2D eigenvalue weighted by Gasteiger charge is -2.25. The minimum absolute atomic E-state index is 0.595. The third-order valence-electron chi connectivity index (χ3n) is 3.29. The molecule has 0 aliphatic heterocycles. The van der Waals surface area contributed by atoms with E-state index in [-0.39, 0.29) is 0 Å². The van der Waals surface area contributed by atoms with Crippen LogP contribution in [-0.2, 0) is 6.42 Å². The summed E-state index contributed by atoms with van der Waals surface area (Å²) in [6, 6.07) is 4.84. The highest BCUT2D eigenvalue weighted by Gasteiger charge is 2.16. The molecule has 2 nitrogen and oxygen atoms in total. The summed E-state index contributed by atoms with van der Waals surface area (Å²) in [6.07, 6.45) is 8.65. The van der Waals surface area contributed by atoms with Gasteiger partial charge in [-0.3, -0.25) is 4.98 Å². The maximum atomic E-state index is 4.08. The molecule has 0 aliphatic rings. The molecule has 2 heteroatoms. The van der Waals surface area contributed by atoms with E-state index in [0.717, 1.165) is 18.9 Å². The van der Waals surface area contributed by atoms with E-state index >= 15 is 0 Å². The summed E-state index contributed by atoms with van der Waals surface area (Å²) in [7, 11) is 0. The average molecular weight is 234 g/mol. The highest BCUT2D eigenvalue weighted by Crippen LogP contribution is 2.15. The van der Waals surface area contributed by atoms with E-state index in [0.29, 0.717) is 6.04 Å². The largest absolute Gasteiger partial charge is 0.313 e. The lowest BCUT2D eigenvalue weighted by molar-refractivity contribution is 0.352. The van der Waals surface area contributed by atoms with Crippen molar-refractivity contribution < 1.29 is 0 Å². The van der Waals surface area contributed by atoms with Gasteiger partial charge in [0.15, 0.2) is 0 Å². The molecule has 2 atom stereocenters. The van der Waals surface area contributed by atoms with Crippen LogP contribution in [-0.4, -0.2) is 17.6 Å². The second-order valence-corrected chi connectivity index (χ2v) is 4.89. The quantitative estimate of drug-likeness (QED) is 0.745. The van der Waals surface area contributed by atoms with Crippen LogP contribution >= 0.6 is 0 Å². The van der Waals surface area contributed by atoms with Gasteiger partial charge in [-0.25, -0.2) is 0 Å². The summed E-state index contributed by atoms with van der Waals surface area (Å²) in [4.78, 5) is 4.08. The van der Waals surface area contributed by atoms with Crippen molar-refractivity contribution in [3.05, 3.63) is 30.1 Å². The Kier molecular flexibility index (Phi) is 6.87. The van der Waals surface area contributed by atoms with Crippen LogP contribution in [0.4, 0.5) is 0 Å². The Morgan fingerprint density at radius 1 is 1.18 bits per heavy atom. The van der Waals surface area contributed by atoms with Gasteiger partial charge in [0.1, 0.15) is 0 Å². The zero-order valence-corrected chi connectivity index (χ0v) is 11.4. The van der Waals surface area contributed by atoms with Crippen LogP contribution in [0.5, 0.6) is 0 Å². The minimum atomic E-state index is 0.595. The van der Waals surface area contributed by atoms with E-state index in [1.165, 1.54) is 24.8 Å². The van der Waals surface area contributed by atoms with Gasteiger partial charge in [0.2, 0.25) is 0 Å². The number of rotatable bonds is 8. The zero-order chi connectivity index (χ0) is 12.5. The van der Waals surface area contributed by atoms with Crippen LogP contribution in [0.25, 0.3) is 0 Å². The molecule has 0 amide bonds. The SMILES string of the molecule is CCCNC(Cc1ccncc1)C(C)CCC. The molecule has 0 aliphatic carbocycles. The first-order valence-electron chi connectivity index (χ1n) is 6.90. The van der Waals surface area contributed by atoms with Gasteiger partial charge >= 0.3 is 0 Å². The third-order valence-corrected chi connectivity index (χ3v) is 3.29. The van der Waals surface area contributed by atoms with Crippen LogP contribution in [0.2, 0.25) is 0 Å². The Morgan fingerprint density at radius 3 is 2.47 bits per heavy atom. The molecular formula is C15H26N2. The first-order chi connectivity index (χ1) is 8.27. The van der Waals surface area contributed by atoms with Crippen molar-refractivity contribution in [3.8, 4) is 0 Å². The normalized spacial score (nSPS) is 14.5. The van der Waals surface area contributed by atoms with Gasteiger partial charge in [0, 0.05) is 18.4 Å². The molecule has 96 valence electrons. The summed E-state index contributed by atoms with van der Waals surface area (Å²) >= 11 is 0. The number of pyridine rings is 1. The van der Waals surface area contributed by atoms with Crippen molar-refractivity contribution in [3.63, 3.8) is 0 Å². The van der Waals surface area contributed by atoms with E-state index < -0.39 is 0 Å².